The van der Waals surface area contributed by atoms with Gasteiger partial charge in [0.2, 0.25) is 12.6 Å². The number of benzene rings is 2. The molecule has 6 nitrogen and oxygen atoms in total. The minimum absolute atomic E-state index is 0.0233. The normalized spacial score (nSPS) is 12.7. The first-order valence-electron chi connectivity index (χ1n) is 9.67. The van der Waals surface area contributed by atoms with Crippen LogP contribution in [0.25, 0.3) is 11.8 Å². The Balaban J connectivity index is 1.65. The van der Waals surface area contributed by atoms with Gasteiger partial charge in [0.1, 0.15) is 17.4 Å². The Labute approximate surface area is 182 Å². The maximum atomic E-state index is 13.1. The predicted molar refractivity (Wildman–Crippen MR) is 112 cm³/mol. The molecule has 0 atom stereocenters. The lowest BCUT2D eigenvalue weighted by atomic mass is 10.0. The Kier molecular flexibility index (Phi) is 5.65. The Morgan fingerprint density at radius 3 is 2.53 bits per heavy atom. The predicted octanol–water partition coefficient (Wildman–Crippen LogP) is 5.21. The van der Waals surface area contributed by atoms with Crippen LogP contribution in [0.15, 0.2) is 54.1 Å². The molecular weight excluding hydrogens is 418 g/mol. The van der Waals surface area contributed by atoms with Crippen LogP contribution < -0.4 is 14.2 Å². The first-order chi connectivity index (χ1) is 15.4. The minimum Gasteiger partial charge on any atom is -0.454 e. The third-order valence-corrected chi connectivity index (χ3v) is 5.07. The number of nitriles is 1. The maximum Gasteiger partial charge on any atom is 0.387 e. The van der Waals surface area contributed by atoms with Crippen molar-refractivity contribution < 1.29 is 27.8 Å². The number of allylic oxidation sites excluding steroid dienone is 1. The highest BCUT2D eigenvalue weighted by Crippen LogP contribution is 2.33. The van der Waals surface area contributed by atoms with Gasteiger partial charge in [-0.15, -0.1) is 0 Å². The van der Waals surface area contributed by atoms with Crippen LogP contribution in [0.3, 0.4) is 0 Å². The summed E-state index contributed by atoms with van der Waals surface area (Å²) in [5.41, 5.74) is 3.06. The molecule has 32 heavy (non-hydrogen) atoms. The van der Waals surface area contributed by atoms with Crippen LogP contribution >= 0.6 is 0 Å². The molecule has 8 heteroatoms. The van der Waals surface area contributed by atoms with Crippen LogP contribution in [0.2, 0.25) is 0 Å². The van der Waals surface area contributed by atoms with Crippen LogP contribution in [0, 0.1) is 25.2 Å². The number of aryl methyl sites for hydroxylation is 1. The van der Waals surface area contributed by atoms with Crippen molar-refractivity contribution >= 4 is 11.9 Å². The number of hydrogen-bond donors (Lipinski definition) is 0. The second kappa shape index (κ2) is 8.55. The lowest BCUT2D eigenvalue weighted by molar-refractivity contribution is -0.0498. The topological polar surface area (TPSA) is 73.5 Å². The third kappa shape index (κ3) is 4.05. The highest BCUT2D eigenvalue weighted by molar-refractivity contribution is 6.14. The zero-order valence-electron chi connectivity index (χ0n) is 17.3. The zero-order valence-corrected chi connectivity index (χ0v) is 17.3. The fourth-order valence-corrected chi connectivity index (χ4v) is 3.63. The molecule has 2 heterocycles. The molecule has 0 aliphatic carbocycles. The molecule has 2 aromatic carbocycles. The molecule has 1 aromatic heterocycles. The van der Waals surface area contributed by atoms with Crippen molar-refractivity contribution in [3.05, 3.63) is 76.6 Å². The van der Waals surface area contributed by atoms with Gasteiger partial charge in [0.05, 0.1) is 0 Å². The number of carbonyl (C=O) groups is 1. The third-order valence-electron chi connectivity index (χ3n) is 5.07. The summed E-state index contributed by atoms with van der Waals surface area (Å²) in [6, 6.07) is 15.0. The molecule has 0 saturated carbocycles. The van der Waals surface area contributed by atoms with E-state index >= 15 is 0 Å². The molecule has 162 valence electrons. The van der Waals surface area contributed by atoms with Gasteiger partial charge in [-0.1, -0.05) is 6.07 Å². The maximum absolute atomic E-state index is 13.1. The SMILES string of the molecule is Cc1cc(C(=O)/C(C#N)=C/c2ccc3c(c2)OCO3)c(C)n1-c1ccc(OC(F)F)cc1. The van der Waals surface area contributed by atoms with Gasteiger partial charge in [-0.25, -0.2) is 0 Å². The number of fused-ring (bicyclic) bond motifs is 1. The van der Waals surface area contributed by atoms with Crippen LogP contribution in [0.4, 0.5) is 8.78 Å². The van der Waals surface area contributed by atoms with E-state index in [4.69, 9.17) is 9.47 Å². The quantitative estimate of drug-likeness (QED) is 0.301. The standard InChI is InChI=1S/C24H18F2N2O4/c1-14-9-20(15(2)28(14)18-4-6-19(7-5-18)32-24(25)26)23(29)17(12-27)10-16-3-8-21-22(11-16)31-13-30-21/h3-11,24H,13H2,1-2H3/b17-10+. The summed E-state index contributed by atoms with van der Waals surface area (Å²) in [4.78, 5) is 13.1. The molecule has 1 aliphatic heterocycles. The highest BCUT2D eigenvalue weighted by atomic mass is 19.3. The molecule has 0 unspecified atom stereocenters. The van der Waals surface area contributed by atoms with Crippen molar-refractivity contribution in [2.75, 3.05) is 6.79 Å². The molecule has 0 N–H and O–H groups in total. The Morgan fingerprint density at radius 1 is 1.12 bits per heavy atom. The van der Waals surface area contributed by atoms with E-state index in [1.807, 2.05) is 17.6 Å². The Bertz CT molecular complexity index is 1250. The van der Waals surface area contributed by atoms with Crippen LogP contribution in [-0.4, -0.2) is 23.8 Å². The second-order valence-electron chi connectivity index (χ2n) is 7.10. The van der Waals surface area contributed by atoms with E-state index in [1.54, 1.807) is 43.3 Å². The number of hydrogen-bond acceptors (Lipinski definition) is 5. The van der Waals surface area contributed by atoms with Crippen molar-refractivity contribution in [3.8, 4) is 29.0 Å². The van der Waals surface area contributed by atoms with Crippen molar-refractivity contribution in [1.29, 1.82) is 5.26 Å². The van der Waals surface area contributed by atoms with Crippen LogP contribution in [0.1, 0.15) is 27.3 Å². The summed E-state index contributed by atoms with van der Waals surface area (Å²) < 4.78 is 41.6. The summed E-state index contributed by atoms with van der Waals surface area (Å²) >= 11 is 0. The van der Waals surface area contributed by atoms with Crippen molar-refractivity contribution in [1.82, 2.24) is 4.57 Å². The van der Waals surface area contributed by atoms with Gasteiger partial charge in [-0.2, -0.15) is 14.0 Å². The molecule has 0 spiro atoms. The number of nitrogens with zero attached hydrogens (tertiary/aromatic N) is 2. The van der Waals surface area contributed by atoms with Gasteiger partial charge >= 0.3 is 6.61 Å². The van der Waals surface area contributed by atoms with Crippen molar-refractivity contribution in [3.63, 3.8) is 0 Å². The van der Waals surface area contributed by atoms with Crippen LogP contribution in [-0.2, 0) is 0 Å². The number of carbonyl (C=O) groups excluding carboxylic acids is 1. The summed E-state index contributed by atoms with van der Waals surface area (Å²) in [6.07, 6.45) is 1.51. The molecule has 0 bridgehead atoms. The van der Waals surface area contributed by atoms with E-state index in [0.717, 1.165) is 5.69 Å². The van der Waals surface area contributed by atoms with Gasteiger partial charge in [-0.05, 0) is 68.0 Å². The molecule has 4 rings (SSSR count). The van der Waals surface area contributed by atoms with Gasteiger partial charge in [-0.3, -0.25) is 4.79 Å². The molecule has 1 aliphatic rings. The van der Waals surface area contributed by atoms with E-state index < -0.39 is 12.4 Å². The van der Waals surface area contributed by atoms with Crippen molar-refractivity contribution in [2.24, 2.45) is 0 Å². The molecule has 0 fully saturated rings. The molecule has 3 aromatic rings. The number of halogens is 2. The van der Waals surface area contributed by atoms with E-state index in [-0.39, 0.29) is 18.1 Å². The number of rotatable bonds is 6. The summed E-state index contributed by atoms with van der Waals surface area (Å²) in [5, 5.41) is 9.62. The lowest BCUT2D eigenvalue weighted by Crippen LogP contribution is -2.06. The first kappa shape index (κ1) is 21.1. The van der Waals surface area contributed by atoms with Gasteiger partial charge in [0.25, 0.3) is 0 Å². The number of ether oxygens (including phenoxy) is 3. The molecular formula is C24H18F2N2O4. The fourth-order valence-electron chi connectivity index (χ4n) is 3.63. The lowest BCUT2D eigenvalue weighted by Gasteiger charge is -2.11. The molecule has 0 saturated heterocycles. The second-order valence-corrected chi connectivity index (χ2v) is 7.10. The minimum atomic E-state index is -2.90. The largest absolute Gasteiger partial charge is 0.454 e. The van der Waals surface area contributed by atoms with Gasteiger partial charge < -0.3 is 18.8 Å². The summed E-state index contributed by atoms with van der Waals surface area (Å²) in [5.74, 6) is 0.796. The average molecular weight is 436 g/mol. The number of Topliss-reactive ketones (excluding diaryl/α,β-unsaturated/α-hetero) is 1. The van der Waals surface area contributed by atoms with E-state index in [2.05, 4.69) is 4.74 Å². The number of aromatic nitrogens is 1. The van der Waals surface area contributed by atoms with Crippen LogP contribution in [0.5, 0.6) is 17.2 Å². The number of alkyl halides is 2. The Morgan fingerprint density at radius 2 is 1.84 bits per heavy atom. The van der Waals surface area contributed by atoms with Gasteiger partial charge in [0, 0.05) is 22.6 Å². The highest BCUT2D eigenvalue weighted by Gasteiger charge is 2.21. The monoisotopic (exact) mass is 436 g/mol. The average Bonchev–Trinajstić information content (AvgIpc) is 3.35. The van der Waals surface area contributed by atoms with E-state index in [0.29, 0.717) is 34.0 Å². The van der Waals surface area contributed by atoms with Crippen molar-refractivity contribution in [2.45, 2.75) is 20.5 Å². The first-order valence-corrected chi connectivity index (χ1v) is 9.67. The smallest absolute Gasteiger partial charge is 0.387 e. The molecule has 0 amide bonds. The van der Waals surface area contributed by atoms with E-state index in [9.17, 15) is 18.8 Å². The Hall–Kier alpha value is -4.12. The van der Waals surface area contributed by atoms with E-state index in [1.165, 1.54) is 18.2 Å². The summed E-state index contributed by atoms with van der Waals surface area (Å²) in [6.45, 7) is 0.815. The number of ketones is 1. The zero-order chi connectivity index (χ0) is 22.8. The summed E-state index contributed by atoms with van der Waals surface area (Å²) in [7, 11) is 0. The molecule has 0 radical (unpaired) electrons. The fraction of sp³-hybridized carbons (Fsp3) is 0.167. The van der Waals surface area contributed by atoms with Gasteiger partial charge in [0.15, 0.2) is 11.5 Å².